The molecule has 1 aliphatic rings. The number of anilines is 1. The van der Waals surface area contributed by atoms with Gasteiger partial charge in [0.25, 0.3) is 0 Å². The Labute approximate surface area is 395 Å². The summed E-state index contributed by atoms with van der Waals surface area (Å²) in [7, 11) is -10.9. The molecular formula is C46H77N3O16P2. The molecule has 1 aromatic heterocycles. The van der Waals surface area contributed by atoms with Gasteiger partial charge in [0.1, 0.15) is 30.7 Å². The van der Waals surface area contributed by atoms with E-state index < -0.39 is 83.7 Å². The predicted octanol–water partition coefficient (Wildman–Crippen LogP) is 8.40. The maximum absolute atomic E-state index is 12.8. The van der Waals surface area contributed by atoms with Crippen molar-refractivity contribution in [2.75, 3.05) is 25.6 Å². The third kappa shape index (κ3) is 28.0. The first-order chi connectivity index (χ1) is 32.1. The van der Waals surface area contributed by atoms with Crippen molar-refractivity contribution in [1.82, 2.24) is 9.55 Å². The van der Waals surface area contributed by atoms with Gasteiger partial charge in [0, 0.05) is 25.5 Å². The molecule has 1 saturated heterocycles. The number of ketones is 1. The van der Waals surface area contributed by atoms with Gasteiger partial charge >= 0.3 is 33.3 Å². The van der Waals surface area contributed by atoms with Crippen LogP contribution >= 0.6 is 15.6 Å². The van der Waals surface area contributed by atoms with E-state index in [2.05, 4.69) is 35.3 Å². The van der Waals surface area contributed by atoms with E-state index in [0.29, 0.717) is 19.3 Å². The number of ether oxygens (including phenoxy) is 3. The number of phosphoric ester groups is 2. The van der Waals surface area contributed by atoms with Crippen LogP contribution in [0, 0.1) is 0 Å². The molecule has 67 heavy (non-hydrogen) atoms. The molecule has 6 N–H and O–H groups in total. The van der Waals surface area contributed by atoms with E-state index in [0.717, 1.165) is 101 Å². The summed E-state index contributed by atoms with van der Waals surface area (Å²) in [5.41, 5.74) is 4.57. The fourth-order valence-electron chi connectivity index (χ4n) is 6.88. The zero-order valence-corrected chi connectivity index (χ0v) is 41.2. The number of nitrogens with zero attached hydrogens (tertiary/aromatic N) is 2. The van der Waals surface area contributed by atoms with E-state index in [-0.39, 0.29) is 24.4 Å². The summed E-state index contributed by atoms with van der Waals surface area (Å²) in [5, 5.41) is 20.9. The highest BCUT2D eigenvalue weighted by molar-refractivity contribution is 7.61. The molecule has 7 atom stereocenters. The summed E-state index contributed by atoms with van der Waals surface area (Å²) >= 11 is 0. The minimum atomic E-state index is -5.44. The van der Waals surface area contributed by atoms with E-state index in [1.807, 2.05) is 12.2 Å². The Morgan fingerprint density at radius 2 is 1.30 bits per heavy atom. The monoisotopic (exact) mass is 989 g/mol. The zero-order valence-electron chi connectivity index (χ0n) is 39.4. The topological polar surface area (TPSA) is 283 Å². The Morgan fingerprint density at radius 1 is 0.746 bits per heavy atom. The summed E-state index contributed by atoms with van der Waals surface area (Å²) in [6, 6.07) is 1.24. The minimum absolute atomic E-state index is 0.00271. The second-order valence-corrected chi connectivity index (χ2v) is 19.7. The van der Waals surface area contributed by atoms with Crippen LogP contribution in [0.15, 0.2) is 53.5 Å². The number of unbranched alkanes of at least 4 members (excludes halogenated alkanes) is 16. The molecular weight excluding hydrogens is 912 g/mol. The highest BCUT2D eigenvalue weighted by atomic mass is 31.3. The first kappa shape index (κ1) is 59.8. The number of aliphatic hydroxyl groups excluding tert-OH is 2. The van der Waals surface area contributed by atoms with Gasteiger partial charge in [-0.3, -0.25) is 28.0 Å². The minimum Gasteiger partial charge on any atom is -0.462 e. The molecule has 382 valence electrons. The first-order valence-electron chi connectivity index (χ1n) is 24.0. The predicted molar refractivity (Wildman–Crippen MR) is 252 cm³/mol. The van der Waals surface area contributed by atoms with Crippen LogP contribution in [0.5, 0.6) is 0 Å². The smallest absolute Gasteiger partial charge is 0.462 e. The van der Waals surface area contributed by atoms with Gasteiger partial charge < -0.3 is 39.9 Å². The number of esters is 2. The van der Waals surface area contributed by atoms with Crippen LogP contribution in [-0.4, -0.2) is 91.5 Å². The van der Waals surface area contributed by atoms with Gasteiger partial charge in [-0.25, -0.2) is 13.9 Å². The number of rotatable bonds is 39. The van der Waals surface area contributed by atoms with Crippen LogP contribution in [0.1, 0.15) is 168 Å². The van der Waals surface area contributed by atoms with Crippen molar-refractivity contribution in [2.45, 2.75) is 192 Å². The Balaban J connectivity index is 1.84. The number of carbonyl (C=O) groups excluding carboxylic acids is 3. The van der Waals surface area contributed by atoms with Crippen molar-refractivity contribution in [1.29, 1.82) is 0 Å². The van der Waals surface area contributed by atoms with Crippen LogP contribution in [0.4, 0.5) is 5.82 Å². The average molecular weight is 990 g/mol. The molecule has 0 aromatic carbocycles. The van der Waals surface area contributed by atoms with Gasteiger partial charge in [0.2, 0.25) is 0 Å². The molecule has 0 amide bonds. The summed E-state index contributed by atoms with van der Waals surface area (Å²) in [6.45, 7) is 1.92. The van der Waals surface area contributed by atoms with E-state index >= 15 is 0 Å². The summed E-state index contributed by atoms with van der Waals surface area (Å²) < 4.78 is 56.6. The van der Waals surface area contributed by atoms with E-state index in [9.17, 15) is 48.3 Å². The van der Waals surface area contributed by atoms with Gasteiger partial charge in [-0.15, -0.1) is 0 Å². The van der Waals surface area contributed by atoms with E-state index in [1.54, 1.807) is 12.2 Å². The SMILES string of the molecule is CCCCCC/C=C\CCCCCCCC(=O)OC[C@H](COP(=O)(O)OP(=O)(O)OC[C@H]1O[C@@H](n2ccc(N)nc2=O)[C@H](O)[C@@H]1O)OC(=O)CCCCCCC/C=C\C=C\C(=O)CCCCC. The normalized spacial score (nSPS) is 19.8. The molecule has 21 heteroatoms. The number of aliphatic hydroxyl groups is 2. The molecule has 1 fully saturated rings. The summed E-state index contributed by atoms with van der Waals surface area (Å²) in [5.74, 6) is -1.25. The lowest BCUT2D eigenvalue weighted by atomic mass is 10.1. The molecule has 1 aliphatic heterocycles. The zero-order chi connectivity index (χ0) is 49.3. The summed E-state index contributed by atoms with van der Waals surface area (Å²) in [4.78, 5) is 73.5. The Bertz CT molecular complexity index is 1820. The Hall–Kier alpha value is -3.35. The number of nitrogen functional groups attached to an aromatic ring is 1. The quantitative estimate of drug-likeness (QED) is 0.0103. The average Bonchev–Trinajstić information content (AvgIpc) is 3.55. The lowest BCUT2D eigenvalue weighted by Gasteiger charge is -2.21. The molecule has 2 unspecified atom stereocenters. The number of aromatic nitrogens is 2. The third-order valence-corrected chi connectivity index (χ3v) is 13.3. The van der Waals surface area contributed by atoms with Crippen molar-refractivity contribution in [3.8, 4) is 0 Å². The second kappa shape index (κ2) is 34.9. The molecule has 19 nitrogen and oxygen atoms in total. The van der Waals surface area contributed by atoms with E-state index in [4.69, 9.17) is 29.0 Å². The van der Waals surface area contributed by atoms with Crippen molar-refractivity contribution in [2.24, 2.45) is 0 Å². The third-order valence-electron chi connectivity index (χ3n) is 10.7. The van der Waals surface area contributed by atoms with Gasteiger partial charge in [0.05, 0.1) is 13.2 Å². The molecule has 2 heterocycles. The number of phosphoric acid groups is 2. The van der Waals surface area contributed by atoms with Crippen molar-refractivity contribution >= 4 is 39.2 Å². The number of hydrogen-bond acceptors (Lipinski definition) is 16. The van der Waals surface area contributed by atoms with Crippen LogP contribution in [-0.2, 0) is 51.1 Å². The largest absolute Gasteiger partial charge is 0.481 e. The lowest BCUT2D eigenvalue weighted by Crippen LogP contribution is -2.36. The van der Waals surface area contributed by atoms with Gasteiger partial charge in [-0.1, -0.05) is 115 Å². The fraction of sp³-hybridized carbons (Fsp3) is 0.717. The molecule has 0 spiro atoms. The van der Waals surface area contributed by atoms with Crippen molar-refractivity contribution in [3.05, 3.63) is 59.2 Å². The summed E-state index contributed by atoms with van der Waals surface area (Å²) in [6.07, 6.45) is 25.0. The van der Waals surface area contributed by atoms with Crippen LogP contribution in [0.25, 0.3) is 0 Å². The fourth-order valence-corrected chi connectivity index (χ4v) is 8.99. The van der Waals surface area contributed by atoms with Gasteiger partial charge in [-0.05, 0) is 69.9 Å². The number of nitrogens with two attached hydrogens (primary N) is 1. The number of carbonyl (C=O) groups is 3. The molecule has 0 saturated carbocycles. The van der Waals surface area contributed by atoms with Crippen molar-refractivity contribution < 1.29 is 71.1 Å². The molecule has 0 aliphatic carbocycles. The second-order valence-electron chi connectivity index (χ2n) is 16.6. The first-order valence-corrected chi connectivity index (χ1v) is 26.9. The molecule has 2 rings (SSSR count). The highest BCUT2D eigenvalue weighted by Crippen LogP contribution is 2.60. The maximum Gasteiger partial charge on any atom is 0.481 e. The molecule has 0 bridgehead atoms. The number of allylic oxidation sites excluding steroid dienone is 6. The Morgan fingerprint density at radius 3 is 1.94 bits per heavy atom. The van der Waals surface area contributed by atoms with Gasteiger partial charge in [0.15, 0.2) is 18.1 Å². The molecule has 1 aromatic rings. The standard InChI is InChI=1S/C46H77N3O16P2/c1-3-5-7-8-9-10-11-12-13-16-19-22-26-30-41(51)60-34-38(63-42(52)31-27-23-20-17-14-15-18-21-25-29-37(50)28-24-6-4-2)35-61-66(56,57)65-67(58,59)62-36-39-43(53)44(54)45(64-39)49-33-32-40(47)48-46(49)55/h10-11,18,21,25,29,32-33,38-39,43-45,53-54H,3-9,12-17,19-20,22-24,26-28,30-31,34-36H2,1-2H3,(H,56,57)(H,58,59)(H2,47,48,55)/b11-10-,21-18-,29-25+/t38-,39-,43-,44-,45-/m1/s1. The van der Waals surface area contributed by atoms with Crippen molar-refractivity contribution in [3.63, 3.8) is 0 Å². The highest BCUT2D eigenvalue weighted by Gasteiger charge is 2.46. The Kier molecular flexibility index (Phi) is 31.1. The van der Waals surface area contributed by atoms with Crippen LogP contribution < -0.4 is 11.4 Å². The van der Waals surface area contributed by atoms with Crippen LogP contribution in [0.2, 0.25) is 0 Å². The van der Waals surface area contributed by atoms with Crippen LogP contribution in [0.3, 0.4) is 0 Å². The lowest BCUT2D eigenvalue weighted by molar-refractivity contribution is -0.161. The van der Waals surface area contributed by atoms with Gasteiger partial charge in [-0.2, -0.15) is 9.29 Å². The molecule has 0 radical (unpaired) electrons. The number of hydrogen-bond donors (Lipinski definition) is 5. The maximum atomic E-state index is 12.8. The van der Waals surface area contributed by atoms with E-state index in [1.165, 1.54) is 31.7 Å².